The zero-order chi connectivity index (χ0) is 14.8. The van der Waals surface area contributed by atoms with Gasteiger partial charge in [-0.15, -0.1) is 0 Å². The van der Waals surface area contributed by atoms with Crippen molar-refractivity contribution in [1.29, 1.82) is 0 Å². The van der Waals surface area contributed by atoms with Gasteiger partial charge in [-0.3, -0.25) is 0 Å². The molecule has 0 saturated carbocycles. The predicted octanol–water partition coefficient (Wildman–Crippen LogP) is 3.48. The van der Waals surface area contributed by atoms with Crippen molar-refractivity contribution in [1.82, 2.24) is 0 Å². The Morgan fingerprint density at radius 1 is 1.14 bits per heavy atom. The minimum atomic E-state index is -0.578. The molecule has 0 saturated heterocycles. The number of aliphatic hydroxyl groups is 1. The first-order valence-corrected chi connectivity index (χ1v) is 6.67. The fourth-order valence-electron chi connectivity index (χ4n) is 2.41. The molecular weight excluding hydrogens is 274 g/mol. The highest BCUT2D eigenvalue weighted by Gasteiger charge is 2.23. The molecule has 0 aromatic heterocycles. The van der Waals surface area contributed by atoms with Crippen molar-refractivity contribution in [2.45, 2.75) is 13.0 Å². The smallest absolute Gasteiger partial charge is 0.172 e. The Bertz CT molecular complexity index is 694. The summed E-state index contributed by atoms with van der Waals surface area (Å²) < 4.78 is 33.7. The lowest BCUT2D eigenvalue weighted by molar-refractivity contribution is 0.288. The fraction of sp³-hybridized carbons (Fsp3) is 0.176. The van der Waals surface area contributed by atoms with E-state index >= 15 is 0 Å². The van der Waals surface area contributed by atoms with E-state index in [-0.39, 0.29) is 36.5 Å². The molecule has 1 N–H and O–H groups in total. The van der Waals surface area contributed by atoms with Crippen LogP contribution in [0.25, 0.3) is 6.08 Å². The van der Waals surface area contributed by atoms with Crippen LogP contribution in [-0.2, 0) is 13.0 Å². The first-order valence-electron chi connectivity index (χ1n) is 6.67. The number of rotatable bonds is 4. The molecule has 0 fully saturated rings. The molecule has 1 aliphatic carbocycles. The highest BCUT2D eigenvalue weighted by atomic mass is 19.1. The molecular formula is C17H14F2O2. The number of fused-ring (bicyclic) bond motifs is 1. The Morgan fingerprint density at radius 3 is 2.62 bits per heavy atom. The van der Waals surface area contributed by atoms with E-state index in [1.54, 1.807) is 0 Å². The van der Waals surface area contributed by atoms with E-state index in [2.05, 4.69) is 0 Å². The van der Waals surface area contributed by atoms with Gasteiger partial charge in [0.2, 0.25) is 0 Å². The summed E-state index contributed by atoms with van der Waals surface area (Å²) in [5.41, 5.74) is 1.94. The molecule has 0 bridgehead atoms. The second-order valence-electron chi connectivity index (χ2n) is 4.97. The lowest BCUT2D eigenvalue weighted by Crippen LogP contribution is -2.02. The Hall–Kier alpha value is -2.20. The number of benzene rings is 2. The van der Waals surface area contributed by atoms with Crippen molar-refractivity contribution in [2.75, 3.05) is 6.61 Å². The van der Waals surface area contributed by atoms with Crippen LogP contribution in [0.5, 0.6) is 5.75 Å². The average Bonchev–Trinajstić information content (AvgIpc) is 2.96. The molecule has 4 heteroatoms. The van der Waals surface area contributed by atoms with Crippen LogP contribution in [0.2, 0.25) is 0 Å². The molecule has 0 spiro atoms. The lowest BCUT2D eigenvalue weighted by Gasteiger charge is -2.11. The van der Waals surface area contributed by atoms with Gasteiger partial charge in [0.25, 0.3) is 0 Å². The summed E-state index contributed by atoms with van der Waals surface area (Å²) in [6.45, 7) is -0.0275. The van der Waals surface area contributed by atoms with Crippen molar-refractivity contribution < 1.29 is 18.6 Å². The maximum absolute atomic E-state index is 14.3. The van der Waals surface area contributed by atoms with Gasteiger partial charge in [0, 0.05) is 17.2 Å². The van der Waals surface area contributed by atoms with Gasteiger partial charge in [0.05, 0.1) is 6.61 Å². The second-order valence-corrected chi connectivity index (χ2v) is 4.97. The molecule has 108 valence electrons. The van der Waals surface area contributed by atoms with E-state index in [4.69, 9.17) is 9.84 Å². The van der Waals surface area contributed by atoms with Crippen LogP contribution in [-0.4, -0.2) is 11.7 Å². The van der Waals surface area contributed by atoms with Gasteiger partial charge < -0.3 is 9.84 Å². The zero-order valence-electron chi connectivity index (χ0n) is 11.3. The Balaban J connectivity index is 1.87. The third-order valence-corrected chi connectivity index (χ3v) is 3.52. The summed E-state index contributed by atoms with van der Waals surface area (Å²) in [5, 5.41) is 9.10. The van der Waals surface area contributed by atoms with Crippen LogP contribution in [0.3, 0.4) is 0 Å². The zero-order valence-corrected chi connectivity index (χ0v) is 11.3. The number of hydrogen-bond acceptors (Lipinski definition) is 2. The first-order chi connectivity index (χ1) is 10.2. The SMILES string of the molecule is OCC1=Cc2c(F)c(OCc3ccccc3)cc(F)c2C1. The molecule has 0 unspecified atom stereocenters. The predicted molar refractivity (Wildman–Crippen MR) is 75.9 cm³/mol. The molecule has 2 aromatic carbocycles. The molecule has 3 rings (SSSR count). The van der Waals surface area contributed by atoms with Crippen LogP contribution in [0.4, 0.5) is 8.78 Å². The molecule has 0 amide bonds. The van der Waals surface area contributed by atoms with Gasteiger partial charge in [-0.2, -0.15) is 0 Å². The van der Waals surface area contributed by atoms with Gasteiger partial charge in [-0.1, -0.05) is 30.3 Å². The van der Waals surface area contributed by atoms with Crippen molar-refractivity contribution in [2.24, 2.45) is 0 Å². The Morgan fingerprint density at radius 2 is 1.90 bits per heavy atom. The highest BCUT2D eigenvalue weighted by Crippen LogP contribution is 2.34. The Labute approximate surface area is 121 Å². The minimum Gasteiger partial charge on any atom is -0.486 e. The minimum absolute atomic E-state index is 0.106. The highest BCUT2D eigenvalue weighted by molar-refractivity contribution is 5.66. The molecule has 1 aliphatic rings. The first kappa shape index (κ1) is 13.8. The maximum atomic E-state index is 14.3. The topological polar surface area (TPSA) is 29.5 Å². The molecule has 0 atom stereocenters. The lowest BCUT2D eigenvalue weighted by atomic mass is 10.1. The van der Waals surface area contributed by atoms with Crippen molar-refractivity contribution in [3.05, 3.63) is 70.3 Å². The van der Waals surface area contributed by atoms with Crippen molar-refractivity contribution in [3.8, 4) is 5.75 Å². The van der Waals surface area contributed by atoms with Crippen LogP contribution in [0.1, 0.15) is 16.7 Å². The van der Waals surface area contributed by atoms with E-state index in [9.17, 15) is 8.78 Å². The summed E-state index contributed by atoms with van der Waals surface area (Å²) in [6, 6.07) is 10.4. The van der Waals surface area contributed by atoms with Gasteiger partial charge >= 0.3 is 0 Å². The standard InChI is InChI=1S/C17H14F2O2/c18-15-8-16(21-10-11-4-2-1-3-5-11)17(19)14-7-12(9-20)6-13(14)15/h1-5,7-8,20H,6,9-10H2. The summed E-state index contributed by atoms with van der Waals surface area (Å²) >= 11 is 0. The summed E-state index contributed by atoms with van der Waals surface area (Å²) in [7, 11) is 0. The van der Waals surface area contributed by atoms with E-state index in [0.29, 0.717) is 5.57 Å². The van der Waals surface area contributed by atoms with Gasteiger partial charge in [0.1, 0.15) is 12.4 Å². The third-order valence-electron chi connectivity index (χ3n) is 3.52. The number of halogens is 2. The van der Waals surface area contributed by atoms with Crippen LogP contribution in [0.15, 0.2) is 42.0 Å². The maximum Gasteiger partial charge on any atom is 0.172 e. The van der Waals surface area contributed by atoms with Crippen LogP contribution < -0.4 is 4.74 Å². The normalized spacial score (nSPS) is 13.0. The van der Waals surface area contributed by atoms with Gasteiger partial charge in [0.15, 0.2) is 11.6 Å². The van der Waals surface area contributed by atoms with E-state index in [1.807, 2.05) is 30.3 Å². The fourth-order valence-corrected chi connectivity index (χ4v) is 2.41. The monoisotopic (exact) mass is 288 g/mol. The van der Waals surface area contributed by atoms with E-state index in [1.165, 1.54) is 6.08 Å². The summed E-state index contributed by atoms with van der Waals surface area (Å²) in [6.07, 6.45) is 1.73. The number of hydrogen-bond donors (Lipinski definition) is 1. The van der Waals surface area contributed by atoms with Crippen molar-refractivity contribution >= 4 is 6.08 Å². The number of aliphatic hydroxyl groups excluding tert-OH is 1. The summed E-state index contributed by atoms with van der Waals surface area (Å²) in [4.78, 5) is 0. The second kappa shape index (κ2) is 5.66. The Kier molecular flexibility index (Phi) is 3.71. The van der Waals surface area contributed by atoms with Crippen LogP contribution >= 0.6 is 0 Å². The molecule has 0 aliphatic heterocycles. The van der Waals surface area contributed by atoms with E-state index < -0.39 is 11.6 Å². The van der Waals surface area contributed by atoms with Crippen LogP contribution in [0, 0.1) is 11.6 Å². The van der Waals surface area contributed by atoms with Crippen molar-refractivity contribution in [3.63, 3.8) is 0 Å². The third kappa shape index (κ3) is 2.67. The largest absolute Gasteiger partial charge is 0.486 e. The quantitative estimate of drug-likeness (QED) is 0.933. The molecule has 0 radical (unpaired) electrons. The molecule has 2 aromatic rings. The molecule has 21 heavy (non-hydrogen) atoms. The summed E-state index contributed by atoms with van der Waals surface area (Å²) in [5.74, 6) is -1.19. The number of ether oxygens (including phenoxy) is 1. The van der Waals surface area contributed by atoms with Gasteiger partial charge in [-0.05, 0) is 23.6 Å². The van der Waals surface area contributed by atoms with Gasteiger partial charge in [-0.25, -0.2) is 8.78 Å². The molecule has 0 heterocycles. The molecule has 2 nitrogen and oxygen atoms in total. The van der Waals surface area contributed by atoms with E-state index in [0.717, 1.165) is 11.6 Å². The average molecular weight is 288 g/mol.